The van der Waals surface area contributed by atoms with Crippen LogP contribution in [-0.4, -0.2) is 30.8 Å². The van der Waals surface area contributed by atoms with E-state index in [9.17, 15) is 9.59 Å². The molecule has 2 aliphatic heterocycles. The highest BCUT2D eigenvalue weighted by atomic mass is 16.5. The number of amides is 3. The van der Waals surface area contributed by atoms with Gasteiger partial charge in [-0.15, -0.1) is 0 Å². The molecule has 2 aliphatic rings. The summed E-state index contributed by atoms with van der Waals surface area (Å²) in [5, 5.41) is 0. The van der Waals surface area contributed by atoms with Crippen LogP contribution in [0.5, 0.6) is 5.75 Å². The molecule has 1 N–H and O–H groups in total. The first-order valence-corrected chi connectivity index (χ1v) is 7.79. The van der Waals surface area contributed by atoms with Crippen LogP contribution in [0.15, 0.2) is 48.5 Å². The normalized spacial score (nSPS) is 18.6. The number of hydrogen-bond donors (Lipinski definition) is 1. The molecule has 1 unspecified atom stereocenters. The first-order valence-electron chi connectivity index (χ1n) is 7.79. The van der Waals surface area contributed by atoms with Gasteiger partial charge in [-0.1, -0.05) is 18.2 Å². The Morgan fingerprint density at radius 1 is 1.12 bits per heavy atom. The van der Waals surface area contributed by atoms with Crippen molar-refractivity contribution in [2.75, 3.05) is 16.4 Å². The van der Waals surface area contributed by atoms with Crippen LogP contribution >= 0.6 is 0 Å². The van der Waals surface area contributed by atoms with E-state index in [0.717, 1.165) is 5.69 Å². The van der Waals surface area contributed by atoms with Gasteiger partial charge in [0.2, 0.25) is 5.69 Å². The number of nitrogens with zero attached hydrogens (tertiary/aromatic N) is 2. The summed E-state index contributed by atoms with van der Waals surface area (Å²) in [5.41, 5.74) is 2.02. The predicted octanol–water partition coefficient (Wildman–Crippen LogP) is 1.22. The third-order valence-corrected chi connectivity index (χ3v) is 4.10. The van der Waals surface area contributed by atoms with E-state index in [1.165, 1.54) is 9.80 Å². The number of anilines is 2. The number of imide groups is 1. The van der Waals surface area contributed by atoms with Crippen molar-refractivity contribution in [3.05, 3.63) is 48.5 Å². The Morgan fingerprint density at radius 3 is 2.79 bits per heavy atom. The van der Waals surface area contributed by atoms with Gasteiger partial charge in [0, 0.05) is 12.1 Å². The monoisotopic (exact) mass is 322 g/mol. The largest absolute Gasteiger partial charge is 0.494 e. The van der Waals surface area contributed by atoms with Gasteiger partial charge in [0.05, 0.1) is 12.3 Å². The second-order valence-electron chi connectivity index (χ2n) is 5.53. The average molecular weight is 322 g/mol. The zero-order chi connectivity index (χ0) is 16.7. The summed E-state index contributed by atoms with van der Waals surface area (Å²) >= 11 is 0. The number of rotatable bonds is 3. The summed E-state index contributed by atoms with van der Waals surface area (Å²) in [4.78, 5) is 31.5. The molecule has 24 heavy (non-hydrogen) atoms. The Bertz CT molecular complexity index is 862. The fraction of sp³-hybridized carbons (Fsp3) is 0.167. The summed E-state index contributed by atoms with van der Waals surface area (Å²) in [6, 6.07) is 13.4. The SMILES string of the molecule is CCOc1cccc(N2C(=O)C3C=[NH+]c4ccccc4N3C2=O)c1. The van der Waals surface area contributed by atoms with E-state index < -0.39 is 6.04 Å². The molecule has 0 aromatic heterocycles. The fourth-order valence-electron chi connectivity index (χ4n) is 3.05. The molecule has 4 rings (SSSR count). The predicted molar refractivity (Wildman–Crippen MR) is 89.9 cm³/mol. The average Bonchev–Trinajstić information content (AvgIpc) is 2.86. The molecule has 2 aromatic carbocycles. The van der Waals surface area contributed by atoms with Crippen LogP contribution in [0.4, 0.5) is 21.9 Å². The lowest BCUT2D eigenvalue weighted by Crippen LogP contribution is -2.69. The lowest BCUT2D eigenvalue weighted by atomic mass is 10.1. The van der Waals surface area contributed by atoms with Gasteiger partial charge >= 0.3 is 6.03 Å². The molecule has 0 aliphatic carbocycles. The number of carbonyl (C=O) groups is 2. The van der Waals surface area contributed by atoms with Gasteiger partial charge in [0.1, 0.15) is 11.4 Å². The van der Waals surface area contributed by atoms with Crippen LogP contribution in [0, 0.1) is 0 Å². The maximum absolute atomic E-state index is 12.9. The second-order valence-corrected chi connectivity index (χ2v) is 5.53. The van der Waals surface area contributed by atoms with E-state index in [2.05, 4.69) is 4.99 Å². The zero-order valence-corrected chi connectivity index (χ0v) is 13.1. The number of fused-ring (bicyclic) bond motifs is 3. The molecule has 1 fully saturated rings. The number of nitrogens with one attached hydrogen (secondary N) is 1. The standard InChI is InChI=1S/C18H15N3O3/c1-2-24-13-7-5-6-12(10-13)20-17(22)16-11-19-14-8-3-4-9-15(14)21(16)18(20)23/h3-11,16H,2H2,1H3/p+1. The van der Waals surface area contributed by atoms with Crippen molar-refractivity contribution < 1.29 is 19.3 Å². The van der Waals surface area contributed by atoms with Gasteiger partial charge < -0.3 is 4.74 Å². The fourth-order valence-corrected chi connectivity index (χ4v) is 3.05. The minimum Gasteiger partial charge on any atom is -0.494 e. The molecule has 120 valence electrons. The molecule has 2 heterocycles. The molecular formula is C18H16N3O3+. The van der Waals surface area contributed by atoms with E-state index in [1.54, 1.807) is 30.5 Å². The van der Waals surface area contributed by atoms with Gasteiger partial charge in [-0.2, -0.15) is 0 Å². The topological polar surface area (TPSA) is 63.8 Å². The number of hydrogen-bond acceptors (Lipinski definition) is 3. The lowest BCUT2D eigenvalue weighted by Gasteiger charge is -2.20. The molecule has 1 atom stereocenters. The van der Waals surface area contributed by atoms with Crippen LogP contribution in [0.25, 0.3) is 0 Å². The van der Waals surface area contributed by atoms with Crippen LogP contribution < -0.4 is 19.5 Å². The second kappa shape index (κ2) is 5.49. The minimum atomic E-state index is -0.650. The molecule has 6 heteroatoms. The molecule has 2 aromatic rings. The summed E-state index contributed by atoms with van der Waals surface area (Å²) in [6.07, 6.45) is 1.65. The van der Waals surface area contributed by atoms with E-state index in [-0.39, 0.29) is 11.9 Å². The highest BCUT2D eigenvalue weighted by Crippen LogP contribution is 2.34. The summed E-state index contributed by atoms with van der Waals surface area (Å²) in [6.45, 7) is 2.40. The maximum atomic E-state index is 12.9. The number of benzene rings is 2. The number of ether oxygens (including phenoxy) is 1. The lowest BCUT2D eigenvalue weighted by molar-refractivity contribution is -0.350. The van der Waals surface area contributed by atoms with E-state index in [0.29, 0.717) is 23.7 Å². The van der Waals surface area contributed by atoms with Crippen LogP contribution in [0.1, 0.15) is 6.92 Å². The highest BCUT2D eigenvalue weighted by Gasteiger charge is 2.50. The number of para-hydroxylation sites is 2. The van der Waals surface area contributed by atoms with Crippen molar-refractivity contribution in [2.24, 2.45) is 0 Å². The Morgan fingerprint density at radius 2 is 1.96 bits per heavy atom. The molecule has 0 bridgehead atoms. The van der Waals surface area contributed by atoms with Crippen molar-refractivity contribution in [2.45, 2.75) is 13.0 Å². The first kappa shape index (κ1) is 14.4. The minimum absolute atomic E-state index is 0.282. The number of urea groups is 1. The zero-order valence-electron chi connectivity index (χ0n) is 13.1. The van der Waals surface area contributed by atoms with E-state index in [1.807, 2.05) is 31.2 Å². The Labute approximate surface area is 139 Å². The molecule has 3 amide bonds. The Hall–Kier alpha value is -3.15. The van der Waals surface area contributed by atoms with Crippen molar-refractivity contribution >= 4 is 35.2 Å². The van der Waals surface area contributed by atoms with Gasteiger partial charge in [-0.25, -0.2) is 14.7 Å². The highest BCUT2D eigenvalue weighted by molar-refractivity contribution is 6.33. The van der Waals surface area contributed by atoms with Gasteiger partial charge in [-0.05, 0) is 25.1 Å². The summed E-state index contributed by atoms with van der Waals surface area (Å²) in [7, 11) is 0. The van der Waals surface area contributed by atoms with Crippen LogP contribution in [0.2, 0.25) is 0 Å². The first-order chi connectivity index (χ1) is 11.7. The molecular weight excluding hydrogens is 306 g/mol. The maximum Gasteiger partial charge on any atom is 0.337 e. The van der Waals surface area contributed by atoms with Crippen molar-refractivity contribution in [3.8, 4) is 5.75 Å². The van der Waals surface area contributed by atoms with Crippen LogP contribution in [0.3, 0.4) is 0 Å². The van der Waals surface area contributed by atoms with Crippen molar-refractivity contribution in [1.82, 2.24) is 0 Å². The number of carbonyl (C=O) groups excluding carboxylic acids is 2. The molecule has 0 spiro atoms. The summed E-state index contributed by atoms with van der Waals surface area (Å²) < 4.78 is 5.47. The van der Waals surface area contributed by atoms with Crippen molar-refractivity contribution in [1.29, 1.82) is 0 Å². The summed E-state index contributed by atoms with van der Waals surface area (Å²) in [5.74, 6) is 0.346. The molecule has 6 nitrogen and oxygen atoms in total. The van der Waals surface area contributed by atoms with E-state index >= 15 is 0 Å². The smallest absolute Gasteiger partial charge is 0.337 e. The van der Waals surface area contributed by atoms with Crippen LogP contribution in [-0.2, 0) is 4.79 Å². The Kier molecular flexibility index (Phi) is 3.30. The molecule has 0 radical (unpaired) electrons. The third kappa shape index (κ3) is 2.07. The van der Waals surface area contributed by atoms with Gasteiger partial charge in [0.25, 0.3) is 5.91 Å². The quantitative estimate of drug-likeness (QED) is 0.865. The molecule has 0 saturated carbocycles. The van der Waals surface area contributed by atoms with E-state index in [4.69, 9.17) is 4.74 Å². The van der Waals surface area contributed by atoms with Crippen molar-refractivity contribution in [3.63, 3.8) is 0 Å². The van der Waals surface area contributed by atoms with Gasteiger partial charge in [0.15, 0.2) is 12.3 Å². The molecule has 1 saturated heterocycles. The third-order valence-electron chi connectivity index (χ3n) is 4.10. The Balaban J connectivity index is 1.76. The van der Waals surface area contributed by atoms with Gasteiger partial charge in [-0.3, -0.25) is 9.69 Å².